The van der Waals surface area contributed by atoms with Crippen LogP contribution in [0.15, 0.2) is 23.2 Å². The van der Waals surface area contributed by atoms with Gasteiger partial charge in [0.25, 0.3) is 6.02 Å². The molecule has 4 heteroatoms. The molecule has 0 saturated heterocycles. The number of ether oxygens (including phenoxy) is 2. The largest absolute Gasteiger partial charge is 0.462 e. The van der Waals surface area contributed by atoms with E-state index in [2.05, 4.69) is 43.9 Å². The molecule has 2 spiro atoms. The van der Waals surface area contributed by atoms with Crippen LogP contribution in [0.4, 0.5) is 0 Å². The summed E-state index contributed by atoms with van der Waals surface area (Å²) < 4.78 is 11.3. The summed E-state index contributed by atoms with van der Waals surface area (Å²) in [6.45, 7) is 4.77. The van der Waals surface area contributed by atoms with Crippen molar-refractivity contribution in [3.05, 3.63) is 34.9 Å². The molecule has 138 valence electrons. The number of hydrogen-bond donors (Lipinski definition) is 1. The molecular weight excluding hydrogens is 324 g/mol. The third kappa shape index (κ3) is 2.61. The number of aliphatic imine (C=N–C) groups is 1. The second-order valence-electron chi connectivity index (χ2n) is 8.29. The predicted molar refractivity (Wildman–Crippen MR) is 103 cm³/mol. The summed E-state index contributed by atoms with van der Waals surface area (Å²) in [7, 11) is 1.82. The van der Waals surface area contributed by atoms with Gasteiger partial charge in [0.05, 0.1) is 6.10 Å². The third-order valence-corrected chi connectivity index (χ3v) is 6.42. The van der Waals surface area contributed by atoms with E-state index in [1.807, 2.05) is 7.11 Å². The van der Waals surface area contributed by atoms with Gasteiger partial charge in [0.1, 0.15) is 12.1 Å². The molecule has 4 rings (SSSR count). The average molecular weight is 352 g/mol. The van der Waals surface area contributed by atoms with Gasteiger partial charge in [-0.25, -0.2) is 4.99 Å². The van der Waals surface area contributed by atoms with E-state index >= 15 is 0 Å². The minimum Gasteiger partial charge on any atom is -0.462 e. The molecule has 0 radical (unpaired) electrons. The molecule has 1 saturated carbocycles. The Kier molecular flexibility index (Phi) is 4.23. The van der Waals surface area contributed by atoms with Crippen LogP contribution < -0.4 is 5.73 Å². The summed E-state index contributed by atoms with van der Waals surface area (Å²) in [5.41, 5.74) is 9.42. The van der Waals surface area contributed by atoms with Gasteiger partial charge < -0.3 is 15.2 Å². The summed E-state index contributed by atoms with van der Waals surface area (Å²) in [5.74, 6) is 6.93. The van der Waals surface area contributed by atoms with Gasteiger partial charge in [-0.1, -0.05) is 31.8 Å². The highest BCUT2D eigenvalue weighted by atomic mass is 16.5. The third-order valence-electron chi connectivity index (χ3n) is 6.42. The Morgan fingerprint density at radius 3 is 2.69 bits per heavy atom. The van der Waals surface area contributed by atoms with E-state index in [-0.39, 0.29) is 11.0 Å². The molecule has 3 aliphatic rings. The minimum atomic E-state index is -0.360. The molecule has 26 heavy (non-hydrogen) atoms. The van der Waals surface area contributed by atoms with E-state index in [0.717, 1.165) is 37.7 Å². The van der Waals surface area contributed by atoms with Gasteiger partial charge in [0.2, 0.25) is 0 Å². The van der Waals surface area contributed by atoms with Gasteiger partial charge in [-0.2, -0.15) is 0 Å². The van der Waals surface area contributed by atoms with Crippen molar-refractivity contribution in [2.75, 3.05) is 13.7 Å². The van der Waals surface area contributed by atoms with Gasteiger partial charge in [-0.05, 0) is 55.4 Å². The van der Waals surface area contributed by atoms with Crippen molar-refractivity contribution >= 4 is 6.02 Å². The topological polar surface area (TPSA) is 56.8 Å². The van der Waals surface area contributed by atoms with Crippen LogP contribution in [0.2, 0.25) is 0 Å². The minimum absolute atomic E-state index is 0.0790. The van der Waals surface area contributed by atoms with Crippen molar-refractivity contribution in [2.24, 2.45) is 22.1 Å². The van der Waals surface area contributed by atoms with Crippen molar-refractivity contribution in [2.45, 2.75) is 57.6 Å². The lowest BCUT2D eigenvalue weighted by atomic mass is 9.62. The van der Waals surface area contributed by atoms with Crippen LogP contribution >= 0.6 is 0 Å². The molecule has 1 aromatic carbocycles. The molecule has 2 N–H and O–H groups in total. The van der Waals surface area contributed by atoms with Crippen molar-refractivity contribution in [3.63, 3.8) is 0 Å². The lowest BCUT2D eigenvalue weighted by Crippen LogP contribution is -2.46. The Balaban J connectivity index is 1.77. The number of fused-ring (bicyclic) bond motifs is 3. The molecule has 4 nitrogen and oxygen atoms in total. The monoisotopic (exact) mass is 352 g/mol. The molecule has 1 atom stereocenters. The van der Waals surface area contributed by atoms with Crippen molar-refractivity contribution in [1.82, 2.24) is 0 Å². The van der Waals surface area contributed by atoms with Crippen LogP contribution in [0.1, 0.15) is 56.2 Å². The van der Waals surface area contributed by atoms with Crippen molar-refractivity contribution in [1.29, 1.82) is 0 Å². The molecule has 2 aliphatic carbocycles. The second kappa shape index (κ2) is 6.32. The molecule has 0 bridgehead atoms. The number of hydrogen-bond acceptors (Lipinski definition) is 4. The van der Waals surface area contributed by atoms with E-state index < -0.39 is 0 Å². The smallest absolute Gasteiger partial charge is 0.283 e. The van der Waals surface area contributed by atoms with E-state index in [1.54, 1.807) is 0 Å². The van der Waals surface area contributed by atoms with E-state index in [0.29, 0.717) is 24.7 Å². The molecule has 1 aliphatic heterocycles. The zero-order valence-electron chi connectivity index (χ0n) is 16.0. The van der Waals surface area contributed by atoms with Crippen LogP contribution in [0.5, 0.6) is 0 Å². The number of nitrogens with zero attached hydrogens (tertiary/aromatic N) is 1. The number of methoxy groups -OCH3 is 1. The number of amidine groups is 1. The molecule has 1 heterocycles. The summed E-state index contributed by atoms with van der Waals surface area (Å²) >= 11 is 0. The van der Waals surface area contributed by atoms with Gasteiger partial charge >= 0.3 is 0 Å². The first-order chi connectivity index (χ1) is 12.5. The zero-order valence-corrected chi connectivity index (χ0v) is 16.0. The predicted octanol–water partition coefficient (Wildman–Crippen LogP) is 3.37. The van der Waals surface area contributed by atoms with Gasteiger partial charge in [-0.3, -0.25) is 0 Å². The van der Waals surface area contributed by atoms with Crippen LogP contribution in [0.3, 0.4) is 0 Å². The molecule has 1 aromatic rings. The van der Waals surface area contributed by atoms with Crippen LogP contribution in [-0.2, 0) is 21.4 Å². The van der Waals surface area contributed by atoms with Gasteiger partial charge in [0.15, 0.2) is 0 Å². The SMILES string of the molecule is COC1CCC2(CC1)Cc1ccc(C#CC(C)C)cc1C21COC(N)=N1. The molecule has 0 amide bonds. The molecular formula is C22H28N2O2. The maximum absolute atomic E-state index is 6.00. The summed E-state index contributed by atoms with van der Waals surface area (Å²) in [6.07, 6.45) is 5.72. The Hall–Kier alpha value is -1.99. The fraction of sp³-hybridized carbons (Fsp3) is 0.591. The summed E-state index contributed by atoms with van der Waals surface area (Å²) in [6, 6.07) is 6.94. The van der Waals surface area contributed by atoms with Crippen LogP contribution in [-0.4, -0.2) is 25.8 Å². The number of benzene rings is 1. The van der Waals surface area contributed by atoms with E-state index in [1.165, 1.54) is 11.1 Å². The highest BCUT2D eigenvalue weighted by molar-refractivity contribution is 5.75. The Bertz CT molecular complexity index is 794. The van der Waals surface area contributed by atoms with Crippen molar-refractivity contribution in [3.8, 4) is 11.8 Å². The molecule has 1 unspecified atom stereocenters. The first-order valence-electron chi connectivity index (χ1n) is 9.64. The highest BCUT2D eigenvalue weighted by Gasteiger charge is 2.61. The summed E-state index contributed by atoms with van der Waals surface area (Å²) in [5, 5.41) is 0. The summed E-state index contributed by atoms with van der Waals surface area (Å²) in [4.78, 5) is 4.91. The number of rotatable bonds is 1. The Morgan fingerprint density at radius 1 is 1.31 bits per heavy atom. The van der Waals surface area contributed by atoms with E-state index in [4.69, 9.17) is 20.2 Å². The van der Waals surface area contributed by atoms with Gasteiger partial charge in [0, 0.05) is 24.0 Å². The van der Waals surface area contributed by atoms with Crippen LogP contribution in [0, 0.1) is 23.2 Å². The normalized spacial score (nSPS) is 32.3. The average Bonchev–Trinajstić information content (AvgIpc) is 3.14. The molecule has 0 aromatic heterocycles. The van der Waals surface area contributed by atoms with Crippen LogP contribution in [0.25, 0.3) is 0 Å². The maximum Gasteiger partial charge on any atom is 0.283 e. The highest BCUT2D eigenvalue weighted by Crippen LogP contribution is 2.61. The Labute approximate surface area is 156 Å². The Morgan fingerprint density at radius 2 is 2.08 bits per heavy atom. The standard InChI is InChI=1S/C22H28N2O2/c1-15(2)4-5-16-6-7-17-13-21(10-8-18(25-3)9-11-21)22(19(17)12-16)14-26-20(23)24-22/h6-7,12,15,18H,8-11,13-14H2,1-3H3,(H2,23,24). The quantitative estimate of drug-likeness (QED) is 0.789. The fourth-order valence-electron chi connectivity index (χ4n) is 5.03. The fourth-order valence-corrected chi connectivity index (χ4v) is 5.03. The van der Waals surface area contributed by atoms with E-state index in [9.17, 15) is 0 Å². The lowest BCUT2D eigenvalue weighted by molar-refractivity contribution is -0.00984. The first kappa shape index (κ1) is 17.4. The number of nitrogens with two attached hydrogens (primary N) is 1. The lowest BCUT2D eigenvalue weighted by Gasteiger charge is -2.45. The van der Waals surface area contributed by atoms with Gasteiger partial charge in [-0.15, -0.1) is 0 Å². The maximum atomic E-state index is 6.00. The first-order valence-corrected chi connectivity index (χ1v) is 9.64. The van der Waals surface area contributed by atoms with Crippen molar-refractivity contribution < 1.29 is 9.47 Å². The molecule has 1 fully saturated rings. The second-order valence-corrected chi connectivity index (χ2v) is 8.29. The zero-order chi connectivity index (χ0) is 18.4.